The van der Waals surface area contributed by atoms with Crippen LogP contribution in [0.4, 0.5) is 0 Å². The Morgan fingerprint density at radius 1 is 1.28 bits per heavy atom. The van der Waals surface area contributed by atoms with Crippen LogP contribution in [-0.2, 0) is 4.74 Å². The van der Waals surface area contributed by atoms with Gasteiger partial charge in [-0.3, -0.25) is 0 Å². The number of esters is 1. The normalized spacial score (nSPS) is 20.7. The summed E-state index contributed by atoms with van der Waals surface area (Å²) in [5.74, 6) is -0.192. The third-order valence-electron chi connectivity index (χ3n) is 3.31. The number of likely N-dealkylation sites (tertiary alicyclic amines) is 1. The van der Waals surface area contributed by atoms with E-state index >= 15 is 0 Å². The number of ether oxygens (including phenoxy) is 1. The molecule has 0 spiro atoms. The Hall–Kier alpha value is -1.35. The van der Waals surface area contributed by atoms with Crippen molar-refractivity contribution in [1.29, 1.82) is 0 Å². The van der Waals surface area contributed by atoms with Gasteiger partial charge in [-0.15, -0.1) is 0 Å². The number of aryl methyl sites for hydroxylation is 2. The minimum absolute atomic E-state index is 0.0390. The highest BCUT2D eigenvalue weighted by molar-refractivity contribution is 5.90. The summed E-state index contributed by atoms with van der Waals surface area (Å²) in [4.78, 5) is 14.3. The van der Waals surface area contributed by atoms with Gasteiger partial charge < -0.3 is 9.64 Å². The largest absolute Gasteiger partial charge is 0.457 e. The van der Waals surface area contributed by atoms with Crippen LogP contribution in [0.5, 0.6) is 0 Å². The molecule has 1 aliphatic heterocycles. The Kier molecular flexibility index (Phi) is 4.02. The van der Waals surface area contributed by atoms with E-state index in [0.29, 0.717) is 5.56 Å². The number of hydrogen-bond donors (Lipinski definition) is 0. The molecule has 3 heteroatoms. The number of carbonyl (C=O) groups excluding carboxylic acids is 1. The molecule has 1 heterocycles. The lowest BCUT2D eigenvalue weighted by atomic mass is 10.1. The second kappa shape index (κ2) is 5.53. The number of likely N-dealkylation sites (N-methyl/N-ethyl adjacent to an activating group) is 1. The van der Waals surface area contributed by atoms with Crippen LogP contribution in [0.1, 0.15) is 34.3 Å². The van der Waals surface area contributed by atoms with Crippen molar-refractivity contribution >= 4 is 5.97 Å². The molecular weight excluding hydrogens is 226 g/mol. The zero-order chi connectivity index (χ0) is 13.1. The lowest BCUT2D eigenvalue weighted by Gasteiger charge is -2.29. The first-order valence-electron chi connectivity index (χ1n) is 6.52. The van der Waals surface area contributed by atoms with Gasteiger partial charge in [0.1, 0.15) is 6.10 Å². The summed E-state index contributed by atoms with van der Waals surface area (Å²) in [5.41, 5.74) is 2.87. The number of rotatable bonds is 2. The summed E-state index contributed by atoms with van der Waals surface area (Å²) < 4.78 is 5.58. The van der Waals surface area contributed by atoms with Crippen molar-refractivity contribution in [2.24, 2.45) is 0 Å². The van der Waals surface area contributed by atoms with Crippen molar-refractivity contribution in [1.82, 2.24) is 4.90 Å². The maximum absolute atomic E-state index is 12.1. The molecule has 1 saturated heterocycles. The van der Waals surface area contributed by atoms with Crippen molar-refractivity contribution in [3.05, 3.63) is 34.9 Å². The lowest BCUT2D eigenvalue weighted by Crippen LogP contribution is -2.38. The highest BCUT2D eigenvalue weighted by atomic mass is 16.5. The minimum Gasteiger partial charge on any atom is -0.457 e. The first-order valence-corrected chi connectivity index (χ1v) is 6.52. The minimum atomic E-state index is -0.192. The zero-order valence-electron chi connectivity index (χ0n) is 11.4. The molecule has 1 aliphatic rings. The Bertz CT molecular complexity index is 422. The van der Waals surface area contributed by atoms with E-state index in [1.165, 1.54) is 0 Å². The fourth-order valence-corrected chi connectivity index (χ4v) is 2.53. The van der Waals surface area contributed by atoms with E-state index in [1.807, 2.05) is 26.0 Å². The summed E-state index contributed by atoms with van der Waals surface area (Å²) in [6, 6.07) is 5.84. The molecule has 0 radical (unpaired) electrons. The Morgan fingerprint density at radius 2 is 1.94 bits per heavy atom. The van der Waals surface area contributed by atoms with Gasteiger partial charge in [0.05, 0.1) is 5.56 Å². The van der Waals surface area contributed by atoms with Gasteiger partial charge in [-0.2, -0.15) is 0 Å². The molecule has 3 nitrogen and oxygen atoms in total. The van der Waals surface area contributed by atoms with E-state index in [2.05, 4.69) is 18.0 Å². The van der Waals surface area contributed by atoms with Crippen molar-refractivity contribution in [2.75, 3.05) is 20.1 Å². The van der Waals surface area contributed by atoms with E-state index in [0.717, 1.165) is 37.1 Å². The second-order valence-corrected chi connectivity index (χ2v) is 5.31. The van der Waals surface area contributed by atoms with E-state index in [-0.39, 0.29) is 12.1 Å². The van der Waals surface area contributed by atoms with Crippen LogP contribution in [0.3, 0.4) is 0 Å². The van der Waals surface area contributed by atoms with Gasteiger partial charge in [0.15, 0.2) is 0 Å². The SMILES string of the molecule is Cc1cc(C)cc(C(=O)OC2CCCN(C)C2)c1. The van der Waals surface area contributed by atoms with Gasteiger partial charge in [-0.25, -0.2) is 4.79 Å². The maximum Gasteiger partial charge on any atom is 0.338 e. The summed E-state index contributed by atoms with van der Waals surface area (Å²) >= 11 is 0. The van der Waals surface area contributed by atoms with Crippen LogP contribution in [0.2, 0.25) is 0 Å². The van der Waals surface area contributed by atoms with Gasteiger partial charge in [-0.05, 0) is 52.4 Å². The molecule has 18 heavy (non-hydrogen) atoms. The fraction of sp³-hybridized carbons (Fsp3) is 0.533. The van der Waals surface area contributed by atoms with Crippen molar-refractivity contribution in [3.63, 3.8) is 0 Å². The van der Waals surface area contributed by atoms with Crippen molar-refractivity contribution in [2.45, 2.75) is 32.8 Å². The standard InChI is InChI=1S/C15H21NO2/c1-11-7-12(2)9-13(8-11)15(17)18-14-5-4-6-16(3)10-14/h7-9,14H,4-6,10H2,1-3H3. The molecule has 2 rings (SSSR count). The van der Waals surface area contributed by atoms with E-state index in [9.17, 15) is 4.79 Å². The Morgan fingerprint density at radius 3 is 2.56 bits per heavy atom. The summed E-state index contributed by atoms with van der Waals surface area (Å²) in [7, 11) is 2.07. The van der Waals surface area contributed by atoms with Crippen LogP contribution < -0.4 is 0 Å². The molecule has 0 aliphatic carbocycles. The smallest absolute Gasteiger partial charge is 0.338 e. The van der Waals surface area contributed by atoms with Gasteiger partial charge in [0.25, 0.3) is 0 Å². The number of benzene rings is 1. The average Bonchev–Trinajstić information content (AvgIpc) is 2.27. The average molecular weight is 247 g/mol. The van der Waals surface area contributed by atoms with Gasteiger partial charge in [0, 0.05) is 6.54 Å². The molecule has 1 atom stereocenters. The second-order valence-electron chi connectivity index (χ2n) is 5.31. The molecule has 1 fully saturated rings. The highest BCUT2D eigenvalue weighted by Gasteiger charge is 2.21. The van der Waals surface area contributed by atoms with E-state index < -0.39 is 0 Å². The summed E-state index contributed by atoms with van der Waals surface area (Å²) in [6.07, 6.45) is 2.11. The van der Waals surface area contributed by atoms with Gasteiger partial charge in [0.2, 0.25) is 0 Å². The first-order chi connectivity index (χ1) is 8.54. The molecule has 0 bridgehead atoms. The number of hydrogen-bond acceptors (Lipinski definition) is 3. The third-order valence-corrected chi connectivity index (χ3v) is 3.31. The predicted molar refractivity (Wildman–Crippen MR) is 71.9 cm³/mol. The molecule has 1 unspecified atom stereocenters. The first kappa shape index (κ1) is 13.1. The summed E-state index contributed by atoms with van der Waals surface area (Å²) in [6.45, 7) is 5.93. The number of nitrogens with zero attached hydrogens (tertiary/aromatic N) is 1. The molecule has 0 N–H and O–H groups in total. The van der Waals surface area contributed by atoms with E-state index in [4.69, 9.17) is 4.74 Å². The Balaban J connectivity index is 2.02. The van der Waals surface area contributed by atoms with Gasteiger partial charge in [-0.1, -0.05) is 17.2 Å². The number of carbonyl (C=O) groups is 1. The predicted octanol–water partition coefficient (Wildman–Crippen LogP) is 2.55. The fourth-order valence-electron chi connectivity index (χ4n) is 2.53. The highest BCUT2D eigenvalue weighted by Crippen LogP contribution is 2.15. The maximum atomic E-state index is 12.1. The quantitative estimate of drug-likeness (QED) is 0.752. The van der Waals surface area contributed by atoms with Crippen LogP contribution >= 0.6 is 0 Å². The lowest BCUT2D eigenvalue weighted by molar-refractivity contribution is 0.0108. The molecular formula is C15H21NO2. The molecule has 1 aromatic carbocycles. The van der Waals surface area contributed by atoms with E-state index in [1.54, 1.807) is 0 Å². The van der Waals surface area contributed by atoms with Crippen LogP contribution in [0.15, 0.2) is 18.2 Å². The van der Waals surface area contributed by atoms with Crippen LogP contribution in [-0.4, -0.2) is 37.1 Å². The van der Waals surface area contributed by atoms with Crippen molar-refractivity contribution < 1.29 is 9.53 Å². The van der Waals surface area contributed by atoms with Crippen molar-refractivity contribution in [3.8, 4) is 0 Å². The summed E-state index contributed by atoms with van der Waals surface area (Å²) in [5, 5.41) is 0. The molecule has 0 aromatic heterocycles. The van der Waals surface area contributed by atoms with Crippen LogP contribution in [0, 0.1) is 13.8 Å². The molecule has 0 saturated carbocycles. The topological polar surface area (TPSA) is 29.5 Å². The molecule has 98 valence electrons. The Labute approximate surface area is 109 Å². The van der Waals surface area contributed by atoms with Gasteiger partial charge >= 0.3 is 5.97 Å². The van der Waals surface area contributed by atoms with Crippen LogP contribution in [0.25, 0.3) is 0 Å². The number of piperidine rings is 1. The monoisotopic (exact) mass is 247 g/mol. The zero-order valence-corrected chi connectivity index (χ0v) is 11.4. The molecule has 0 amide bonds. The third kappa shape index (κ3) is 3.33. The molecule has 1 aromatic rings.